The molecule has 0 atom stereocenters. The topological polar surface area (TPSA) is 64.8 Å². The highest BCUT2D eigenvalue weighted by atomic mass is 16.5. The van der Waals surface area contributed by atoms with Gasteiger partial charge in [-0.25, -0.2) is 0 Å². The molecule has 0 amide bonds. The number of nitrogen functional groups attached to an aromatic ring is 1. The summed E-state index contributed by atoms with van der Waals surface area (Å²) in [6.07, 6.45) is 0.960. The summed E-state index contributed by atoms with van der Waals surface area (Å²) in [4.78, 5) is 12.9. The Hall–Kier alpha value is -1.91. The molecular weight excluding hydrogens is 232 g/mol. The molecule has 0 fully saturated rings. The number of ether oxygens (including phenoxy) is 2. The normalized spacial score (nSPS) is 9.94. The summed E-state index contributed by atoms with van der Waals surface area (Å²) in [5.41, 5.74) is 7.44. The van der Waals surface area contributed by atoms with Gasteiger partial charge in [0.05, 0.1) is 19.4 Å². The van der Waals surface area contributed by atoms with E-state index >= 15 is 0 Å². The molecule has 5 heteroatoms. The fourth-order valence-electron chi connectivity index (χ4n) is 1.43. The zero-order chi connectivity index (χ0) is 13.5. The SMILES string of the molecule is COC(=O)CCCOc1cc(N(C)C)ccc1N. The fraction of sp³-hybridized carbons (Fsp3) is 0.462. The van der Waals surface area contributed by atoms with Crippen molar-refractivity contribution in [2.45, 2.75) is 12.8 Å². The molecule has 0 spiro atoms. The van der Waals surface area contributed by atoms with E-state index in [1.807, 2.05) is 37.2 Å². The molecule has 5 nitrogen and oxygen atoms in total. The number of hydrogen-bond donors (Lipinski definition) is 1. The molecule has 0 unspecified atom stereocenters. The Kier molecular flexibility index (Phi) is 5.30. The van der Waals surface area contributed by atoms with E-state index in [1.165, 1.54) is 7.11 Å². The van der Waals surface area contributed by atoms with Crippen molar-refractivity contribution in [3.05, 3.63) is 18.2 Å². The van der Waals surface area contributed by atoms with Gasteiger partial charge in [-0.1, -0.05) is 0 Å². The maximum Gasteiger partial charge on any atom is 0.305 e. The average Bonchev–Trinajstić information content (AvgIpc) is 2.35. The Balaban J connectivity index is 2.51. The second-order valence-electron chi connectivity index (χ2n) is 4.14. The van der Waals surface area contributed by atoms with Crippen molar-refractivity contribution >= 4 is 17.3 Å². The van der Waals surface area contributed by atoms with Gasteiger partial charge in [0, 0.05) is 32.3 Å². The minimum atomic E-state index is -0.228. The van der Waals surface area contributed by atoms with Gasteiger partial charge >= 0.3 is 5.97 Å². The molecule has 0 aliphatic rings. The predicted molar refractivity (Wildman–Crippen MR) is 71.9 cm³/mol. The fourth-order valence-corrected chi connectivity index (χ4v) is 1.43. The third-order valence-corrected chi connectivity index (χ3v) is 2.52. The Morgan fingerprint density at radius 3 is 2.72 bits per heavy atom. The monoisotopic (exact) mass is 252 g/mol. The molecule has 2 N–H and O–H groups in total. The van der Waals surface area contributed by atoms with Crippen LogP contribution in [0, 0.1) is 0 Å². The van der Waals surface area contributed by atoms with E-state index in [2.05, 4.69) is 4.74 Å². The van der Waals surface area contributed by atoms with E-state index in [0.29, 0.717) is 30.9 Å². The third-order valence-electron chi connectivity index (χ3n) is 2.52. The first-order valence-corrected chi connectivity index (χ1v) is 5.81. The van der Waals surface area contributed by atoms with Gasteiger partial charge in [-0.05, 0) is 18.6 Å². The third kappa shape index (κ3) is 4.16. The number of nitrogens with two attached hydrogens (primary N) is 1. The maximum absolute atomic E-state index is 10.9. The van der Waals surface area contributed by atoms with Crippen molar-refractivity contribution in [3.8, 4) is 5.75 Å². The molecule has 1 rings (SSSR count). The van der Waals surface area contributed by atoms with Crippen LogP contribution in [0.15, 0.2) is 18.2 Å². The van der Waals surface area contributed by atoms with E-state index in [0.717, 1.165) is 5.69 Å². The van der Waals surface area contributed by atoms with Crippen LogP contribution in [0.2, 0.25) is 0 Å². The van der Waals surface area contributed by atoms with Crippen LogP contribution in [-0.2, 0) is 9.53 Å². The average molecular weight is 252 g/mol. The molecule has 0 radical (unpaired) electrons. The van der Waals surface area contributed by atoms with Crippen LogP contribution >= 0.6 is 0 Å². The summed E-state index contributed by atoms with van der Waals surface area (Å²) in [6, 6.07) is 5.62. The van der Waals surface area contributed by atoms with E-state index in [4.69, 9.17) is 10.5 Å². The largest absolute Gasteiger partial charge is 0.491 e. The van der Waals surface area contributed by atoms with Crippen molar-refractivity contribution in [2.75, 3.05) is 38.4 Å². The predicted octanol–water partition coefficient (Wildman–Crippen LogP) is 1.67. The van der Waals surface area contributed by atoms with Gasteiger partial charge in [0.25, 0.3) is 0 Å². The van der Waals surface area contributed by atoms with Crippen LogP contribution in [0.4, 0.5) is 11.4 Å². The maximum atomic E-state index is 10.9. The molecule has 0 bridgehead atoms. The molecule has 0 aromatic heterocycles. The summed E-state index contributed by atoms with van der Waals surface area (Å²) in [7, 11) is 5.28. The van der Waals surface area contributed by atoms with Gasteiger partial charge in [0.2, 0.25) is 0 Å². The molecule has 0 saturated carbocycles. The molecular formula is C13H20N2O3. The van der Waals surface area contributed by atoms with Gasteiger partial charge in [-0.3, -0.25) is 4.79 Å². The van der Waals surface area contributed by atoms with E-state index in [9.17, 15) is 4.79 Å². The van der Waals surface area contributed by atoms with E-state index in [-0.39, 0.29) is 5.97 Å². The zero-order valence-corrected chi connectivity index (χ0v) is 11.1. The van der Waals surface area contributed by atoms with Crippen molar-refractivity contribution < 1.29 is 14.3 Å². The van der Waals surface area contributed by atoms with Gasteiger partial charge in [-0.2, -0.15) is 0 Å². The highest BCUT2D eigenvalue weighted by Crippen LogP contribution is 2.26. The van der Waals surface area contributed by atoms with Crippen molar-refractivity contribution in [2.24, 2.45) is 0 Å². The number of anilines is 2. The second-order valence-corrected chi connectivity index (χ2v) is 4.14. The van der Waals surface area contributed by atoms with E-state index in [1.54, 1.807) is 0 Å². The second kappa shape index (κ2) is 6.74. The lowest BCUT2D eigenvalue weighted by Crippen LogP contribution is -2.10. The van der Waals surface area contributed by atoms with Crippen LogP contribution < -0.4 is 15.4 Å². The highest BCUT2D eigenvalue weighted by Gasteiger charge is 2.05. The molecule has 0 aliphatic carbocycles. The summed E-state index contributed by atoms with van der Waals surface area (Å²) in [5, 5.41) is 0. The smallest absolute Gasteiger partial charge is 0.305 e. The number of rotatable bonds is 6. The number of carbonyl (C=O) groups excluding carboxylic acids is 1. The molecule has 100 valence electrons. The van der Waals surface area contributed by atoms with Crippen LogP contribution in [0.25, 0.3) is 0 Å². The van der Waals surface area contributed by atoms with Crippen LogP contribution in [0.3, 0.4) is 0 Å². The summed E-state index contributed by atoms with van der Waals surface area (Å²) in [5.74, 6) is 0.416. The molecule has 18 heavy (non-hydrogen) atoms. The lowest BCUT2D eigenvalue weighted by atomic mass is 10.2. The van der Waals surface area contributed by atoms with Crippen LogP contribution in [-0.4, -0.2) is 33.8 Å². The minimum Gasteiger partial charge on any atom is -0.491 e. The van der Waals surface area contributed by atoms with Gasteiger partial charge in [0.15, 0.2) is 0 Å². The highest BCUT2D eigenvalue weighted by molar-refractivity contribution is 5.69. The first-order chi connectivity index (χ1) is 8.54. The van der Waals surface area contributed by atoms with Crippen molar-refractivity contribution in [1.29, 1.82) is 0 Å². The lowest BCUT2D eigenvalue weighted by molar-refractivity contribution is -0.140. The number of benzene rings is 1. The molecule has 1 aromatic rings. The molecule has 0 aliphatic heterocycles. The Labute approximate surface area is 107 Å². The molecule has 1 aromatic carbocycles. The Bertz CT molecular complexity index is 405. The lowest BCUT2D eigenvalue weighted by Gasteiger charge is -2.15. The number of carbonyl (C=O) groups is 1. The Morgan fingerprint density at radius 2 is 2.11 bits per heavy atom. The quantitative estimate of drug-likeness (QED) is 0.474. The summed E-state index contributed by atoms with van der Waals surface area (Å²) in [6.45, 7) is 0.441. The van der Waals surface area contributed by atoms with Gasteiger partial charge < -0.3 is 20.1 Å². The van der Waals surface area contributed by atoms with Crippen LogP contribution in [0.1, 0.15) is 12.8 Å². The summed E-state index contributed by atoms with van der Waals surface area (Å²) < 4.78 is 10.1. The van der Waals surface area contributed by atoms with E-state index < -0.39 is 0 Å². The summed E-state index contributed by atoms with van der Waals surface area (Å²) >= 11 is 0. The number of esters is 1. The Morgan fingerprint density at radius 1 is 1.39 bits per heavy atom. The van der Waals surface area contributed by atoms with Gasteiger partial charge in [-0.15, -0.1) is 0 Å². The van der Waals surface area contributed by atoms with Crippen molar-refractivity contribution in [1.82, 2.24) is 0 Å². The van der Waals surface area contributed by atoms with Crippen molar-refractivity contribution in [3.63, 3.8) is 0 Å². The number of nitrogens with zero attached hydrogens (tertiary/aromatic N) is 1. The van der Waals surface area contributed by atoms with Gasteiger partial charge in [0.1, 0.15) is 5.75 Å². The number of hydrogen-bond acceptors (Lipinski definition) is 5. The number of methoxy groups -OCH3 is 1. The zero-order valence-electron chi connectivity index (χ0n) is 11.1. The minimum absolute atomic E-state index is 0.228. The standard InChI is InChI=1S/C13H20N2O3/c1-15(2)10-6-7-11(14)12(9-10)18-8-4-5-13(16)17-3/h6-7,9H,4-5,8,14H2,1-3H3. The molecule has 0 heterocycles. The first kappa shape index (κ1) is 14.2. The molecule has 0 saturated heterocycles. The van der Waals surface area contributed by atoms with Crippen LogP contribution in [0.5, 0.6) is 5.75 Å². The first-order valence-electron chi connectivity index (χ1n) is 5.81.